The summed E-state index contributed by atoms with van der Waals surface area (Å²) in [6, 6.07) is 8.15. The Kier molecular flexibility index (Phi) is 8.76. The van der Waals surface area contributed by atoms with Crippen LogP contribution in [0.15, 0.2) is 54.4 Å². The summed E-state index contributed by atoms with van der Waals surface area (Å²) in [5.41, 5.74) is 0.934. The lowest BCUT2D eigenvalue weighted by Crippen LogP contribution is -2.78. The Labute approximate surface area is 230 Å². The predicted octanol–water partition coefficient (Wildman–Crippen LogP) is 3.54. The zero-order valence-electron chi connectivity index (χ0n) is 23.1. The van der Waals surface area contributed by atoms with Crippen LogP contribution in [0.25, 0.3) is 0 Å². The van der Waals surface area contributed by atoms with Crippen molar-refractivity contribution in [3.63, 3.8) is 0 Å². The number of piperazine rings is 1. The number of amides is 4. The van der Waals surface area contributed by atoms with E-state index in [4.69, 9.17) is 6.42 Å². The summed E-state index contributed by atoms with van der Waals surface area (Å²) in [7, 11) is 0. The van der Waals surface area contributed by atoms with Gasteiger partial charge in [-0.05, 0) is 36.5 Å². The number of rotatable bonds is 7. The van der Waals surface area contributed by atoms with Gasteiger partial charge >= 0.3 is 6.03 Å². The maximum absolute atomic E-state index is 14.0. The molecule has 4 amide bonds. The first-order chi connectivity index (χ1) is 18.7. The van der Waals surface area contributed by atoms with E-state index in [1.54, 1.807) is 20.9 Å². The van der Waals surface area contributed by atoms with Crippen LogP contribution in [-0.2, 0) is 16.1 Å². The Balaban J connectivity index is 1.69. The highest BCUT2D eigenvalue weighted by atomic mass is 19.1. The highest BCUT2D eigenvalue weighted by molar-refractivity contribution is 5.92. The van der Waals surface area contributed by atoms with E-state index in [2.05, 4.69) is 11.2 Å². The van der Waals surface area contributed by atoms with Gasteiger partial charge in [0.2, 0.25) is 11.8 Å². The van der Waals surface area contributed by atoms with Crippen LogP contribution in [-0.4, -0.2) is 75.5 Å². The SMILES string of the molecule is C#CCN1CC(=O)N2[C@@H](C(C)CC)C(=O)N(C(C)C3C=CC(F)=CC3C)C[C@@H]2N1C(=O)NCc1ccccc1. The zero-order valence-corrected chi connectivity index (χ0v) is 23.1. The fourth-order valence-corrected chi connectivity index (χ4v) is 5.91. The van der Waals surface area contributed by atoms with E-state index in [1.807, 2.05) is 64.1 Å². The number of hydrogen-bond acceptors (Lipinski definition) is 4. The van der Waals surface area contributed by atoms with Crippen LogP contribution in [0, 0.1) is 30.1 Å². The third-order valence-electron chi connectivity index (χ3n) is 8.22. The van der Waals surface area contributed by atoms with Crippen LogP contribution in [0.3, 0.4) is 0 Å². The molecule has 1 N–H and O–H groups in total. The molecule has 0 spiro atoms. The van der Waals surface area contributed by atoms with Crippen molar-refractivity contribution >= 4 is 17.8 Å². The Bertz CT molecular complexity index is 1180. The molecule has 3 aliphatic rings. The maximum Gasteiger partial charge on any atom is 0.334 e. The second kappa shape index (κ2) is 12.0. The van der Waals surface area contributed by atoms with Gasteiger partial charge in [0.25, 0.3) is 0 Å². The maximum atomic E-state index is 14.0. The van der Waals surface area contributed by atoms with Crippen molar-refractivity contribution in [2.45, 2.75) is 58.9 Å². The van der Waals surface area contributed by atoms with Crippen LogP contribution in [0.2, 0.25) is 0 Å². The summed E-state index contributed by atoms with van der Waals surface area (Å²) in [5.74, 6) is 1.53. The van der Waals surface area contributed by atoms with Gasteiger partial charge in [-0.1, -0.05) is 69.5 Å². The van der Waals surface area contributed by atoms with Gasteiger partial charge in [0.05, 0.1) is 19.6 Å². The first kappa shape index (κ1) is 28.4. The number of benzene rings is 1. The van der Waals surface area contributed by atoms with E-state index < -0.39 is 18.2 Å². The fourth-order valence-electron chi connectivity index (χ4n) is 5.91. The van der Waals surface area contributed by atoms with Crippen molar-refractivity contribution in [2.24, 2.45) is 17.8 Å². The average Bonchev–Trinajstić information content (AvgIpc) is 2.92. The highest BCUT2D eigenvalue weighted by Gasteiger charge is 2.53. The first-order valence-electron chi connectivity index (χ1n) is 13.6. The second-order valence-corrected chi connectivity index (χ2v) is 10.7. The molecule has 2 heterocycles. The third kappa shape index (κ3) is 5.71. The van der Waals surface area contributed by atoms with Gasteiger partial charge in [-0.3, -0.25) is 9.59 Å². The van der Waals surface area contributed by atoms with Gasteiger partial charge in [0.15, 0.2) is 0 Å². The monoisotopic (exact) mass is 535 g/mol. The fraction of sp³-hybridized carbons (Fsp3) is 0.500. The highest BCUT2D eigenvalue weighted by Crippen LogP contribution is 2.35. The lowest BCUT2D eigenvalue weighted by Gasteiger charge is -2.57. The second-order valence-electron chi connectivity index (χ2n) is 10.7. The lowest BCUT2D eigenvalue weighted by atomic mass is 9.82. The number of hydrazine groups is 1. The summed E-state index contributed by atoms with van der Waals surface area (Å²) in [5, 5.41) is 6.07. The van der Waals surface area contributed by atoms with Crippen molar-refractivity contribution in [2.75, 3.05) is 19.6 Å². The van der Waals surface area contributed by atoms with Crippen molar-refractivity contribution in [3.8, 4) is 12.3 Å². The molecule has 8 nitrogen and oxygen atoms in total. The molecule has 0 aromatic heterocycles. The molecule has 4 rings (SSSR count). The molecular formula is C30H38FN5O3. The summed E-state index contributed by atoms with van der Waals surface area (Å²) in [4.78, 5) is 44.6. The van der Waals surface area contributed by atoms with Gasteiger partial charge in [0.1, 0.15) is 18.0 Å². The number of terminal acetylenes is 1. The van der Waals surface area contributed by atoms with E-state index in [-0.39, 0.29) is 61.1 Å². The largest absolute Gasteiger partial charge is 0.334 e. The van der Waals surface area contributed by atoms with E-state index in [1.165, 1.54) is 11.1 Å². The van der Waals surface area contributed by atoms with Crippen LogP contribution in [0.1, 0.15) is 39.7 Å². The van der Waals surface area contributed by atoms with Crippen molar-refractivity contribution in [3.05, 3.63) is 60.0 Å². The summed E-state index contributed by atoms with van der Waals surface area (Å²) in [6.07, 6.45) is 10.4. The van der Waals surface area contributed by atoms with Crippen LogP contribution in [0.4, 0.5) is 9.18 Å². The minimum absolute atomic E-state index is 0.0683. The number of allylic oxidation sites excluding steroid dienone is 3. The molecule has 2 fully saturated rings. The average molecular weight is 536 g/mol. The van der Waals surface area contributed by atoms with E-state index in [9.17, 15) is 18.8 Å². The standard InChI is InChI=1S/C30H38FN5O3/c1-6-15-33-19-27(37)35-26(36(33)30(39)32-17-23-11-9-8-10-12-23)18-34(29(38)28(35)20(3)7-2)22(5)25-14-13-24(31)16-21(25)4/h1,8-14,16,20-22,25-26,28H,7,15,17-19H2,2-5H3,(H,32,39)/t20?,21?,22?,25?,26-,28-/m0/s1. The minimum Gasteiger partial charge on any atom is -0.334 e. The molecule has 1 aliphatic carbocycles. The predicted molar refractivity (Wildman–Crippen MR) is 147 cm³/mol. The van der Waals surface area contributed by atoms with E-state index >= 15 is 0 Å². The number of fused-ring (bicyclic) bond motifs is 1. The molecule has 0 bridgehead atoms. The molecule has 208 valence electrons. The molecular weight excluding hydrogens is 497 g/mol. The van der Waals surface area contributed by atoms with Crippen molar-refractivity contribution in [1.82, 2.24) is 25.1 Å². The quantitative estimate of drug-likeness (QED) is 0.542. The Morgan fingerprint density at radius 3 is 2.59 bits per heavy atom. The van der Waals surface area contributed by atoms with Crippen LogP contribution >= 0.6 is 0 Å². The molecule has 0 radical (unpaired) electrons. The Morgan fingerprint density at radius 1 is 1.23 bits per heavy atom. The van der Waals surface area contributed by atoms with Crippen LogP contribution in [0.5, 0.6) is 0 Å². The number of urea groups is 1. The summed E-state index contributed by atoms with van der Waals surface area (Å²) >= 11 is 0. The molecule has 1 aromatic carbocycles. The van der Waals surface area contributed by atoms with Crippen molar-refractivity contribution < 1.29 is 18.8 Å². The first-order valence-corrected chi connectivity index (χ1v) is 13.6. The third-order valence-corrected chi connectivity index (χ3v) is 8.22. The normalized spacial score (nSPS) is 27.0. The van der Waals surface area contributed by atoms with Gasteiger partial charge in [-0.15, -0.1) is 6.42 Å². The summed E-state index contributed by atoms with van der Waals surface area (Å²) in [6.45, 7) is 8.22. The molecule has 4 unspecified atom stereocenters. The number of halogens is 1. The Morgan fingerprint density at radius 2 is 1.95 bits per heavy atom. The van der Waals surface area contributed by atoms with E-state index in [0.717, 1.165) is 5.56 Å². The van der Waals surface area contributed by atoms with Gasteiger partial charge in [0, 0.05) is 18.5 Å². The van der Waals surface area contributed by atoms with E-state index in [0.29, 0.717) is 13.0 Å². The van der Waals surface area contributed by atoms with Gasteiger partial charge < -0.3 is 15.1 Å². The topological polar surface area (TPSA) is 76.2 Å². The molecule has 2 aliphatic heterocycles. The Hall–Kier alpha value is -3.64. The minimum atomic E-state index is -0.732. The smallest absolute Gasteiger partial charge is 0.334 e. The van der Waals surface area contributed by atoms with Crippen LogP contribution < -0.4 is 5.32 Å². The number of carbonyl (C=O) groups excluding carboxylic acids is 3. The number of carbonyl (C=O) groups is 3. The molecule has 1 aromatic rings. The molecule has 0 saturated carbocycles. The number of nitrogens with one attached hydrogen (secondary N) is 1. The lowest BCUT2D eigenvalue weighted by molar-refractivity contribution is -0.195. The van der Waals surface area contributed by atoms with Crippen molar-refractivity contribution in [1.29, 1.82) is 0 Å². The number of nitrogens with zero attached hydrogens (tertiary/aromatic N) is 4. The van der Waals surface area contributed by atoms with Gasteiger partial charge in [-0.25, -0.2) is 14.2 Å². The molecule has 6 atom stereocenters. The number of hydrogen-bond donors (Lipinski definition) is 1. The van der Waals surface area contributed by atoms with Gasteiger partial charge in [-0.2, -0.15) is 5.01 Å². The zero-order chi connectivity index (χ0) is 28.3. The molecule has 39 heavy (non-hydrogen) atoms. The molecule has 9 heteroatoms. The summed E-state index contributed by atoms with van der Waals surface area (Å²) < 4.78 is 13.9. The molecule has 2 saturated heterocycles.